The fourth-order valence-corrected chi connectivity index (χ4v) is 4.71. The van der Waals surface area contributed by atoms with Crippen molar-refractivity contribution in [2.24, 2.45) is 29.1 Å². The molecule has 1 saturated carbocycles. The second-order valence-corrected chi connectivity index (χ2v) is 7.47. The van der Waals surface area contributed by atoms with Gasteiger partial charge in [-0.3, -0.25) is 0 Å². The van der Waals surface area contributed by atoms with Crippen LogP contribution in [0.2, 0.25) is 0 Å². The molecule has 0 bridgehead atoms. The first-order valence-corrected chi connectivity index (χ1v) is 9.41. The molecule has 2 aliphatic carbocycles. The number of hydrogen-bond acceptors (Lipinski definition) is 0. The van der Waals surface area contributed by atoms with E-state index in [0.29, 0.717) is 5.41 Å². The highest BCUT2D eigenvalue weighted by Crippen LogP contribution is 2.56. The van der Waals surface area contributed by atoms with Gasteiger partial charge in [0.05, 0.1) is 0 Å². The first-order valence-electron chi connectivity index (χ1n) is 9.41. The quantitative estimate of drug-likeness (QED) is 0.394. The van der Waals surface area contributed by atoms with Gasteiger partial charge in [-0.15, -0.1) is 0 Å². The van der Waals surface area contributed by atoms with Gasteiger partial charge in [0.1, 0.15) is 0 Å². The monoisotopic (exact) mass is 276 g/mol. The molecule has 0 N–H and O–H groups in total. The number of rotatable bonds is 10. The van der Waals surface area contributed by atoms with Gasteiger partial charge in [0, 0.05) is 5.41 Å². The van der Waals surface area contributed by atoms with Crippen LogP contribution < -0.4 is 0 Å². The van der Waals surface area contributed by atoms with Crippen LogP contribution in [0.3, 0.4) is 0 Å². The summed E-state index contributed by atoms with van der Waals surface area (Å²) in [6.45, 7) is 9.55. The zero-order valence-corrected chi connectivity index (χ0v) is 14.3. The van der Waals surface area contributed by atoms with E-state index in [4.69, 9.17) is 0 Å². The van der Waals surface area contributed by atoms with Crippen LogP contribution in [-0.4, -0.2) is 0 Å². The Morgan fingerprint density at radius 1 is 1.00 bits per heavy atom. The molecular weight excluding hydrogens is 240 g/mol. The summed E-state index contributed by atoms with van der Waals surface area (Å²) < 4.78 is 0. The van der Waals surface area contributed by atoms with E-state index in [1.165, 1.54) is 57.8 Å². The first kappa shape index (κ1) is 16.1. The van der Waals surface area contributed by atoms with E-state index in [2.05, 4.69) is 39.8 Å². The van der Waals surface area contributed by atoms with Crippen LogP contribution in [0.25, 0.3) is 0 Å². The van der Waals surface area contributed by atoms with Gasteiger partial charge in [-0.25, -0.2) is 0 Å². The van der Waals surface area contributed by atoms with Crippen LogP contribution in [0.4, 0.5) is 0 Å². The standard InChI is InChI=1S/C20H36/c1-5-9-12-20(13-14-20)19(16(6-2)7-3)15-18-11-10-17(18)8-4/h13-14,16-19H,5-12,15H2,1-4H3. The molecule has 3 atom stereocenters. The fraction of sp³-hybridized carbons (Fsp3) is 0.900. The zero-order valence-electron chi connectivity index (χ0n) is 14.3. The number of allylic oxidation sites excluding steroid dienone is 2. The fourth-order valence-electron chi connectivity index (χ4n) is 4.71. The van der Waals surface area contributed by atoms with Crippen LogP contribution in [0.1, 0.15) is 85.5 Å². The van der Waals surface area contributed by atoms with E-state index in [0.717, 1.165) is 23.7 Å². The van der Waals surface area contributed by atoms with E-state index in [1.54, 1.807) is 0 Å². The van der Waals surface area contributed by atoms with Crippen LogP contribution >= 0.6 is 0 Å². The van der Waals surface area contributed by atoms with Crippen LogP contribution in [-0.2, 0) is 0 Å². The molecule has 0 aliphatic heterocycles. The van der Waals surface area contributed by atoms with Crippen LogP contribution in [0.15, 0.2) is 12.2 Å². The molecule has 0 spiro atoms. The lowest BCUT2D eigenvalue weighted by Gasteiger charge is -2.43. The van der Waals surface area contributed by atoms with Gasteiger partial charge in [0.2, 0.25) is 0 Å². The lowest BCUT2D eigenvalue weighted by molar-refractivity contribution is 0.0819. The minimum Gasteiger partial charge on any atom is -0.0774 e. The minimum absolute atomic E-state index is 0.542. The average Bonchev–Trinajstić information content (AvgIpc) is 3.21. The van der Waals surface area contributed by atoms with Crippen molar-refractivity contribution >= 4 is 0 Å². The van der Waals surface area contributed by atoms with Crippen molar-refractivity contribution in [3.63, 3.8) is 0 Å². The van der Waals surface area contributed by atoms with Gasteiger partial charge < -0.3 is 0 Å². The molecule has 0 nitrogen and oxygen atoms in total. The van der Waals surface area contributed by atoms with Crippen LogP contribution in [0, 0.1) is 29.1 Å². The van der Waals surface area contributed by atoms with Gasteiger partial charge in [-0.2, -0.15) is 0 Å². The maximum Gasteiger partial charge on any atom is 0.00925 e. The van der Waals surface area contributed by atoms with Crippen molar-refractivity contribution in [1.82, 2.24) is 0 Å². The zero-order chi connectivity index (χ0) is 14.6. The molecule has 0 aromatic carbocycles. The smallest absolute Gasteiger partial charge is 0.00925 e. The predicted octanol–water partition coefficient (Wildman–Crippen LogP) is 6.61. The Morgan fingerprint density at radius 2 is 1.65 bits per heavy atom. The van der Waals surface area contributed by atoms with Gasteiger partial charge in [-0.1, -0.05) is 72.0 Å². The SMILES string of the molecule is CCCCC1(C(CC2CCC2CC)C(CC)CC)C=C1. The Balaban J connectivity index is 2.01. The second kappa shape index (κ2) is 7.14. The van der Waals surface area contributed by atoms with Crippen molar-refractivity contribution in [3.8, 4) is 0 Å². The second-order valence-electron chi connectivity index (χ2n) is 7.47. The van der Waals surface area contributed by atoms with Crippen molar-refractivity contribution in [3.05, 3.63) is 12.2 Å². The molecular formula is C20H36. The average molecular weight is 277 g/mol. The summed E-state index contributed by atoms with van der Waals surface area (Å²) in [7, 11) is 0. The Bertz CT molecular complexity index is 302. The molecule has 0 amide bonds. The summed E-state index contributed by atoms with van der Waals surface area (Å²) in [6, 6.07) is 0. The first-order chi connectivity index (χ1) is 9.70. The summed E-state index contributed by atoms with van der Waals surface area (Å²) in [5, 5.41) is 0. The maximum absolute atomic E-state index is 2.56. The Kier molecular flexibility index (Phi) is 5.75. The van der Waals surface area contributed by atoms with Crippen molar-refractivity contribution in [1.29, 1.82) is 0 Å². The summed E-state index contributed by atoms with van der Waals surface area (Å²) in [6.07, 6.45) is 18.0. The molecule has 1 fully saturated rings. The van der Waals surface area contributed by atoms with Gasteiger partial charge in [0.25, 0.3) is 0 Å². The van der Waals surface area contributed by atoms with Crippen molar-refractivity contribution in [2.75, 3.05) is 0 Å². The predicted molar refractivity (Wildman–Crippen MR) is 89.8 cm³/mol. The molecule has 0 heteroatoms. The molecule has 3 unspecified atom stereocenters. The van der Waals surface area contributed by atoms with E-state index < -0.39 is 0 Å². The molecule has 20 heavy (non-hydrogen) atoms. The van der Waals surface area contributed by atoms with Gasteiger partial charge in [-0.05, 0) is 49.4 Å². The van der Waals surface area contributed by atoms with E-state index >= 15 is 0 Å². The molecule has 0 heterocycles. The molecule has 2 rings (SSSR count). The van der Waals surface area contributed by atoms with Crippen molar-refractivity contribution in [2.45, 2.75) is 85.5 Å². The third-order valence-electron chi connectivity index (χ3n) is 6.52. The Labute approximate surface area is 127 Å². The molecule has 0 saturated heterocycles. The van der Waals surface area contributed by atoms with E-state index in [9.17, 15) is 0 Å². The highest BCUT2D eigenvalue weighted by molar-refractivity contribution is 5.28. The Morgan fingerprint density at radius 3 is 2.05 bits per heavy atom. The summed E-state index contributed by atoms with van der Waals surface area (Å²) in [5.74, 6) is 3.99. The van der Waals surface area contributed by atoms with E-state index in [1.807, 2.05) is 0 Å². The maximum atomic E-state index is 2.56. The highest BCUT2D eigenvalue weighted by atomic mass is 14.5. The lowest BCUT2D eigenvalue weighted by Crippen LogP contribution is -2.34. The van der Waals surface area contributed by atoms with Crippen molar-refractivity contribution < 1.29 is 0 Å². The molecule has 116 valence electrons. The lowest BCUT2D eigenvalue weighted by atomic mass is 9.62. The molecule has 0 aromatic heterocycles. The summed E-state index contributed by atoms with van der Waals surface area (Å²) in [5.41, 5.74) is 0.542. The topological polar surface area (TPSA) is 0 Å². The van der Waals surface area contributed by atoms with E-state index in [-0.39, 0.29) is 0 Å². The molecule has 0 aromatic rings. The summed E-state index contributed by atoms with van der Waals surface area (Å²) in [4.78, 5) is 0. The van der Waals surface area contributed by atoms with Gasteiger partial charge in [0.15, 0.2) is 0 Å². The van der Waals surface area contributed by atoms with Gasteiger partial charge >= 0.3 is 0 Å². The third kappa shape index (κ3) is 3.31. The summed E-state index contributed by atoms with van der Waals surface area (Å²) >= 11 is 0. The Hall–Kier alpha value is -0.260. The van der Waals surface area contributed by atoms with Crippen LogP contribution in [0.5, 0.6) is 0 Å². The molecule has 0 radical (unpaired) electrons. The molecule has 2 aliphatic rings. The third-order valence-corrected chi connectivity index (χ3v) is 6.52. The largest absolute Gasteiger partial charge is 0.0774 e. The number of unbranched alkanes of at least 4 members (excludes halogenated alkanes) is 1. The highest BCUT2D eigenvalue weighted by Gasteiger charge is 2.46. The minimum atomic E-state index is 0.542. The normalized spacial score (nSPS) is 28.4. The number of hydrogen-bond donors (Lipinski definition) is 0.